The molecule has 2 heterocycles. The topological polar surface area (TPSA) is 201 Å². The number of ether oxygens (including phenoxy) is 10. The Morgan fingerprint density at radius 2 is 0.756 bits per heavy atom. The van der Waals surface area contributed by atoms with E-state index in [0.29, 0.717) is 138 Å². The molecule has 0 aromatic heterocycles. The van der Waals surface area contributed by atoms with Gasteiger partial charge in [0, 0.05) is 50.4 Å². The highest BCUT2D eigenvalue weighted by atomic mass is 16.6. The van der Waals surface area contributed by atoms with Crippen LogP contribution in [0.25, 0.3) is 32.7 Å². The minimum Gasteiger partial charge on any atom is -0.465 e. The average molecular weight is 1170 g/mol. The Morgan fingerprint density at radius 3 is 1.15 bits per heavy atom. The number of fused-ring (bicyclic) bond motifs is 4. The molecule has 0 radical (unpaired) electrons. The fraction of sp³-hybridized carbons (Fsp3) is 0.457. The number of hydrogen-bond acceptors (Lipinski definition) is 16. The molecule has 12 rings (SSSR count). The van der Waals surface area contributed by atoms with Gasteiger partial charge < -0.3 is 47.4 Å². The zero-order valence-electron chi connectivity index (χ0n) is 48.4. The van der Waals surface area contributed by atoms with E-state index < -0.39 is 23.9 Å². The molecular formula is C70H74O16. The van der Waals surface area contributed by atoms with Crippen molar-refractivity contribution in [1.82, 2.24) is 0 Å². The smallest absolute Gasteiger partial charge is 0.343 e. The molecule has 16 nitrogen and oxygen atoms in total. The summed E-state index contributed by atoms with van der Waals surface area (Å²) in [4.78, 5) is 80.6. The number of benzene rings is 6. The van der Waals surface area contributed by atoms with Crippen LogP contribution in [0.2, 0.25) is 0 Å². The van der Waals surface area contributed by atoms with Crippen LogP contribution in [0.15, 0.2) is 121 Å². The zero-order chi connectivity index (χ0) is 58.9. The predicted molar refractivity (Wildman–Crippen MR) is 317 cm³/mol. The summed E-state index contributed by atoms with van der Waals surface area (Å²) < 4.78 is 58.1. The van der Waals surface area contributed by atoms with Gasteiger partial charge in [0.15, 0.2) is 0 Å². The maximum absolute atomic E-state index is 14.1. The van der Waals surface area contributed by atoms with Gasteiger partial charge in [0.2, 0.25) is 0 Å². The molecule has 0 spiro atoms. The van der Waals surface area contributed by atoms with E-state index in [1.807, 2.05) is 60.7 Å². The molecule has 6 aromatic rings. The van der Waals surface area contributed by atoms with Crippen LogP contribution in [-0.4, -0.2) is 99.9 Å². The van der Waals surface area contributed by atoms with Crippen LogP contribution in [0.5, 0.6) is 23.0 Å². The van der Waals surface area contributed by atoms with E-state index in [0.717, 1.165) is 73.3 Å². The van der Waals surface area contributed by atoms with Crippen molar-refractivity contribution in [2.24, 2.45) is 35.5 Å². The Morgan fingerprint density at radius 1 is 0.372 bits per heavy atom. The first-order valence-electron chi connectivity index (χ1n) is 31.0. The minimum atomic E-state index is -0.666. The monoisotopic (exact) mass is 1170 g/mol. The van der Waals surface area contributed by atoms with Gasteiger partial charge in [-0.05, 0) is 184 Å². The summed E-state index contributed by atoms with van der Waals surface area (Å²) in [6, 6.07) is 34.8. The van der Waals surface area contributed by atoms with Gasteiger partial charge in [0.05, 0.1) is 72.4 Å². The molecule has 16 heteroatoms. The van der Waals surface area contributed by atoms with Crippen molar-refractivity contribution >= 4 is 57.4 Å². The van der Waals surface area contributed by atoms with Crippen LogP contribution in [0, 0.1) is 35.5 Å². The lowest BCUT2D eigenvalue weighted by atomic mass is 9.82. The maximum atomic E-state index is 14.1. The van der Waals surface area contributed by atoms with Crippen LogP contribution in [0.4, 0.5) is 0 Å². The third-order valence-electron chi connectivity index (χ3n) is 18.1. The molecule has 6 aliphatic rings. The second kappa shape index (κ2) is 27.5. The lowest BCUT2D eigenvalue weighted by Gasteiger charge is -2.26. The number of carbonyl (C=O) groups is 6. The van der Waals surface area contributed by atoms with Gasteiger partial charge >= 0.3 is 35.8 Å². The van der Waals surface area contributed by atoms with E-state index in [1.54, 1.807) is 36.4 Å². The van der Waals surface area contributed by atoms with Gasteiger partial charge in [0.25, 0.3) is 0 Å². The molecular weight excluding hydrogens is 1100 g/mol. The van der Waals surface area contributed by atoms with Crippen molar-refractivity contribution < 1.29 is 76.1 Å². The molecule has 6 unspecified atom stereocenters. The summed E-state index contributed by atoms with van der Waals surface area (Å²) in [5, 5.41) is 3.19. The summed E-state index contributed by atoms with van der Waals surface area (Å²) in [5.74, 6) is -1.82. The van der Waals surface area contributed by atoms with E-state index in [1.165, 1.54) is 24.3 Å². The van der Waals surface area contributed by atoms with E-state index in [2.05, 4.69) is 0 Å². The standard InChI is InChI=1S/C70H74O16/c71-65(79-37-5-35-77-41-43-11-31-57-61(39-43)83-57)47-13-17-49(18-14-47)67(73)81-53-27-21-51(22-28-53)69(75)85-59-33-25-45-7-1-3-9-55(45)63(59)64-56-10-4-2-8-46(56)26-34-60(64)86-70(76)52-23-29-54(30-24-52)82-68(74)50-19-15-48(16-20-50)66(72)80-38-6-36-78-42-44-12-32-58-62(40-44)84-58/h1-4,7-10,21-30,33-34,43-44,47-50,57-58,61-62H,5-6,11-20,31-32,35-42H2. The van der Waals surface area contributed by atoms with Crippen molar-refractivity contribution in [2.45, 2.75) is 127 Å². The first kappa shape index (κ1) is 58.9. The van der Waals surface area contributed by atoms with Gasteiger partial charge in [-0.2, -0.15) is 0 Å². The van der Waals surface area contributed by atoms with Crippen molar-refractivity contribution in [2.75, 3.05) is 39.6 Å². The molecule has 6 fully saturated rings. The van der Waals surface area contributed by atoms with Crippen LogP contribution >= 0.6 is 0 Å². The number of hydrogen-bond donors (Lipinski definition) is 0. The first-order valence-corrected chi connectivity index (χ1v) is 31.0. The Hall–Kier alpha value is -7.50. The number of rotatable bonds is 23. The summed E-state index contributed by atoms with van der Waals surface area (Å²) in [5.41, 5.74) is 1.47. The normalized spacial score (nSPS) is 24.7. The average Bonchev–Trinajstić information content (AvgIpc) is 1.99. The first-order chi connectivity index (χ1) is 42.1. The SMILES string of the molecule is O=C(Oc1ccc2ccccc2c1-c1c(OC(=O)c2ccc(OC(=O)C3CCC(C(=O)OCCCOCC4CCC5OC5C4)CC3)cc2)ccc2ccccc12)c1ccc(OC(=O)C2CCC(C(=O)OCCCOCC3CCC4OC4C3)CC2)cc1. The third-order valence-corrected chi connectivity index (χ3v) is 18.1. The summed E-state index contributed by atoms with van der Waals surface area (Å²) in [7, 11) is 0. The number of esters is 6. The number of epoxide rings is 2. The van der Waals surface area contributed by atoms with Crippen LogP contribution in [0.3, 0.4) is 0 Å². The lowest BCUT2D eigenvalue weighted by molar-refractivity contribution is -0.152. The van der Waals surface area contributed by atoms with Crippen molar-refractivity contribution in [3.8, 4) is 34.1 Å². The molecule has 0 N–H and O–H groups in total. The van der Waals surface area contributed by atoms with Crippen LogP contribution < -0.4 is 18.9 Å². The molecule has 450 valence electrons. The molecule has 4 saturated carbocycles. The summed E-state index contributed by atoms with van der Waals surface area (Å²) >= 11 is 0. The molecule has 0 bridgehead atoms. The fourth-order valence-electron chi connectivity index (χ4n) is 13.0. The Kier molecular flexibility index (Phi) is 18.8. The highest BCUT2D eigenvalue weighted by molar-refractivity contribution is 6.11. The van der Waals surface area contributed by atoms with E-state index in [4.69, 9.17) is 47.4 Å². The van der Waals surface area contributed by atoms with Gasteiger partial charge in [-0.3, -0.25) is 19.2 Å². The fourth-order valence-corrected chi connectivity index (χ4v) is 13.0. The molecule has 86 heavy (non-hydrogen) atoms. The van der Waals surface area contributed by atoms with Crippen molar-refractivity contribution in [3.05, 3.63) is 132 Å². The largest absolute Gasteiger partial charge is 0.465 e. The zero-order valence-corrected chi connectivity index (χ0v) is 48.4. The van der Waals surface area contributed by atoms with Gasteiger partial charge in [0.1, 0.15) is 23.0 Å². The van der Waals surface area contributed by atoms with E-state index >= 15 is 0 Å². The van der Waals surface area contributed by atoms with Crippen molar-refractivity contribution in [1.29, 1.82) is 0 Å². The third kappa shape index (κ3) is 14.7. The van der Waals surface area contributed by atoms with Crippen molar-refractivity contribution in [3.63, 3.8) is 0 Å². The van der Waals surface area contributed by atoms with Crippen LogP contribution in [0.1, 0.15) is 123 Å². The van der Waals surface area contributed by atoms with Gasteiger partial charge in [-0.15, -0.1) is 0 Å². The second-order valence-electron chi connectivity index (χ2n) is 24.1. The highest BCUT2D eigenvalue weighted by Gasteiger charge is 2.45. The van der Waals surface area contributed by atoms with Gasteiger partial charge in [-0.25, -0.2) is 9.59 Å². The van der Waals surface area contributed by atoms with E-state index in [9.17, 15) is 28.8 Å². The highest BCUT2D eigenvalue weighted by Crippen LogP contribution is 2.47. The van der Waals surface area contributed by atoms with Crippen LogP contribution in [-0.2, 0) is 47.6 Å². The molecule has 6 aromatic carbocycles. The molecule has 4 aliphatic carbocycles. The molecule has 2 saturated heterocycles. The maximum Gasteiger partial charge on any atom is 0.343 e. The quantitative estimate of drug-likeness (QED) is 0.0253. The summed E-state index contributed by atoms with van der Waals surface area (Å²) in [6.45, 7) is 3.14. The second-order valence-corrected chi connectivity index (χ2v) is 24.1. The van der Waals surface area contributed by atoms with E-state index in [-0.39, 0.29) is 69.7 Å². The predicted octanol–water partition coefficient (Wildman–Crippen LogP) is 12.6. The molecule has 0 amide bonds. The minimum absolute atomic E-state index is 0.207. The Balaban J connectivity index is 0.626. The Labute approximate surface area is 500 Å². The Bertz CT molecular complexity index is 3170. The molecule has 2 aliphatic heterocycles. The van der Waals surface area contributed by atoms with Gasteiger partial charge in [-0.1, -0.05) is 60.7 Å². The lowest BCUT2D eigenvalue weighted by Crippen LogP contribution is -2.29. The number of carbonyl (C=O) groups excluding carboxylic acids is 6. The molecule has 6 atom stereocenters. The summed E-state index contributed by atoms with van der Waals surface area (Å²) in [6.07, 6.45) is 13.9.